The number of carbonyl (C=O) groups is 3. The van der Waals surface area contributed by atoms with E-state index in [2.05, 4.69) is 20.2 Å². The van der Waals surface area contributed by atoms with Crippen molar-refractivity contribution >= 4 is 51.3 Å². The molecule has 0 radical (unpaired) electrons. The number of benzene rings is 2. The quantitative estimate of drug-likeness (QED) is 0.319. The molecule has 41 heavy (non-hydrogen) atoms. The summed E-state index contributed by atoms with van der Waals surface area (Å²) >= 11 is 0. The van der Waals surface area contributed by atoms with Crippen LogP contribution in [0.5, 0.6) is 0 Å². The number of carbonyl (C=O) groups excluding carboxylic acids is 3. The van der Waals surface area contributed by atoms with Crippen molar-refractivity contribution in [3.05, 3.63) is 53.3 Å². The fourth-order valence-corrected chi connectivity index (χ4v) is 4.79. The number of hydrogen-bond donors (Lipinski definition) is 2. The van der Waals surface area contributed by atoms with Crippen LogP contribution in [0.4, 0.5) is 20.6 Å². The minimum atomic E-state index is -0.683. The highest BCUT2D eigenvalue weighted by Gasteiger charge is 2.27. The van der Waals surface area contributed by atoms with Gasteiger partial charge in [-0.05, 0) is 52.0 Å². The van der Waals surface area contributed by atoms with Gasteiger partial charge in [0.15, 0.2) is 18.0 Å². The number of hydrogen-bond acceptors (Lipinski definition) is 8. The first-order valence-electron chi connectivity index (χ1n) is 13.3. The second-order valence-electron chi connectivity index (χ2n) is 11.0. The molecule has 2 aromatic carbocycles. The first kappa shape index (κ1) is 27.9. The number of aryl methyl sites for hydroxylation is 1. The maximum Gasteiger partial charge on any atom is 0.410 e. The summed E-state index contributed by atoms with van der Waals surface area (Å²) in [5.74, 6) is -1.59. The number of anilines is 2. The first-order chi connectivity index (χ1) is 19.4. The molecule has 0 aliphatic carbocycles. The molecule has 0 spiro atoms. The van der Waals surface area contributed by atoms with Gasteiger partial charge in [0.2, 0.25) is 5.89 Å². The highest BCUT2D eigenvalue weighted by molar-refractivity contribution is 6.14. The Kier molecular flexibility index (Phi) is 7.33. The van der Waals surface area contributed by atoms with Crippen LogP contribution in [0, 0.1) is 12.7 Å². The molecule has 1 fully saturated rings. The number of piperazine rings is 1. The van der Waals surface area contributed by atoms with E-state index in [9.17, 15) is 18.8 Å². The number of fused-ring (bicyclic) bond motifs is 2. The number of amides is 2. The van der Waals surface area contributed by atoms with Crippen molar-refractivity contribution in [1.82, 2.24) is 14.9 Å². The molecule has 2 amide bonds. The first-order valence-corrected chi connectivity index (χ1v) is 13.3. The van der Waals surface area contributed by atoms with Crippen LogP contribution >= 0.6 is 0 Å². The molecule has 1 saturated heterocycles. The van der Waals surface area contributed by atoms with Crippen LogP contribution in [0.25, 0.3) is 22.0 Å². The fraction of sp³-hybridized carbons (Fsp3) is 0.379. The van der Waals surface area contributed by atoms with Gasteiger partial charge in [0, 0.05) is 61.6 Å². The lowest BCUT2D eigenvalue weighted by atomic mass is 10.1. The maximum atomic E-state index is 14.8. The monoisotopic (exact) mass is 565 g/mol. The van der Waals surface area contributed by atoms with E-state index in [1.165, 1.54) is 13.0 Å². The number of nitrogens with zero attached hydrogens (tertiary/aromatic N) is 3. The fourth-order valence-electron chi connectivity index (χ4n) is 4.79. The zero-order valence-electron chi connectivity index (χ0n) is 23.6. The minimum Gasteiger partial charge on any atom is -0.456 e. The molecular formula is C29H32FN5O6. The van der Waals surface area contributed by atoms with Crippen LogP contribution in [0.15, 0.2) is 34.7 Å². The lowest BCUT2D eigenvalue weighted by Gasteiger charge is -2.37. The van der Waals surface area contributed by atoms with E-state index in [1.54, 1.807) is 11.0 Å². The molecule has 3 heterocycles. The molecule has 2 aromatic heterocycles. The average Bonchev–Trinajstić information content (AvgIpc) is 3.49. The molecule has 0 saturated carbocycles. The number of nitrogens with one attached hydrogen (secondary N) is 2. The van der Waals surface area contributed by atoms with Crippen LogP contribution in [-0.2, 0) is 20.9 Å². The van der Waals surface area contributed by atoms with Gasteiger partial charge in [-0.1, -0.05) is 0 Å². The zero-order valence-corrected chi connectivity index (χ0v) is 23.6. The smallest absolute Gasteiger partial charge is 0.410 e. The van der Waals surface area contributed by atoms with Gasteiger partial charge in [-0.2, -0.15) is 0 Å². The molecule has 12 heteroatoms. The van der Waals surface area contributed by atoms with Gasteiger partial charge in [-0.25, -0.2) is 14.2 Å². The Balaban J connectivity index is 1.34. The van der Waals surface area contributed by atoms with Gasteiger partial charge in [-0.3, -0.25) is 9.59 Å². The summed E-state index contributed by atoms with van der Waals surface area (Å²) < 4.78 is 30.6. The Hall–Kier alpha value is -4.61. The van der Waals surface area contributed by atoms with Crippen molar-refractivity contribution < 1.29 is 32.7 Å². The van der Waals surface area contributed by atoms with Gasteiger partial charge in [0.25, 0.3) is 5.91 Å². The number of aromatic nitrogens is 2. The number of esters is 1. The normalized spacial score (nSPS) is 14.0. The third-order valence-corrected chi connectivity index (χ3v) is 6.57. The van der Waals surface area contributed by atoms with Crippen LogP contribution in [-0.4, -0.2) is 64.6 Å². The molecule has 0 unspecified atom stereocenters. The number of ether oxygens (including phenoxy) is 2. The molecule has 1 aliphatic heterocycles. The van der Waals surface area contributed by atoms with E-state index in [0.29, 0.717) is 37.3 Å². The predicted octanol–water partition coefficient (Wildman–Crippen LogP) is 5.13. The highest BCUT2D eigenvalue weighted by atomic mass is 19.1. The maximum absolute atomic E-state index is 14.8. The number of aromatic amines is 1. The molecule has 11 nitrogen and oxygen atoms in total. The Morgan fingerprint density at radius 2 is 1.85 bits per heavy atom. The van der Waals surface area contributed by atoms with Crippen LogP contribution in [0.2, 0.25) is 0 Å². The summed E-state index contributed by atoms with van der Waals surface area (Å²) in [5.41, 5.74) is 2.58. The molecular weight excluding hydrogens is 533 g/mol. The van der Waals surface area contributed by atoms with E-state index < -0.39 is 23.3 Å². The Morgan fingerprint density at radius 1 is 1.12 bits per heavy atom. The topological polar surface area (TPSA) is 130 Å². The number of H-pyrrole nitrogens is 1. The summed E-state index contributed by atoms with van der Waals surface area (Å²) in [6, 6.07) is 8.22. The van der Waals surface area contributed by atoms with Crippen LogP contribution in [0.3, 0.4) is 0 Å². The van der Waals surface area contributed by atoms with Gasteiger partial charge in [0.05, 0.1) is 11.1 Å². The van der Waals surface area contributed by atoms with Crippen molar-refractivity contribution in [3.63, 3.8) is 0 Å². The number of rotatable bonds is 5. The predicted molar refractivity (Wildman–Crippen MR) is 150 cm³/mol. The molecule has 2 N–H and O–H groups in total. The SMILES string of the molecule is CC(=O)OCc1nc2c(F)cc(NC(=O)c3ccc(N4CCN(C(=O)OC(C)(C)C)CC4)c4cc(C)[nH]c34)cc2o1. The number of oxazole rings is 1. The lowest BCUT2D eigenvalue weighted by molar-refractivity contribution is -0.142. The molecule has 4 aromatic rings. The van der Waals surface area contributed by atoms with Crippen molar-refractivity contribution in [2.75, 3.05) is 36.4 Å². The van der Waals surface area contributed by atoms with E-state index in [4.69, 9.17) is 13.9 Å². The van der Waals surface area contributed by atoms with Crippen molar-refractivity contribution in [2.24, 2.45) is 0 Å². The standard InChI is InChI=1S/C29H32FN5O6/c1-16-12-20-22(34-8-10-35(11-9-34)28(38)41-29(3,4)5)7-6-19(25(20)31-16)27(37)32-18-13-21(30)26-23(14-18)40-24(33-26)15-39-17(2)36/h6-7,12-14,31H,8-11,15H2,1-5H3,(H,32,37). The Labute approximate surface area is 235 Å². The second kappa shape index (κ2) is 10.8. The molecule has 5 rings (SSSR count). The zero-order chi connectivity index (χ0) is 29.5. The molecule has 1 aliphatic rings. The van der Waals surface area contributed by atoms with E-state index in [0.717, 1.165) is 22.8 Å². The summed E-state index contributed by atoms with van der Waals surface area (Å²) in [7, 11) is 0. The lowest BCUT2D eigenvalue weighted by Crippen LogP contribution is -2.50. The van der Waals surface area contributed by atoms with Crippen molar-refractivity contribution in [1.29, 1.82) is 0 Å². The van der Waals surface area contributed by atoms with E-state index in [1.807, 2.05) is 39.8 Å². The van der Waals surface area contributed by atoms with Gasteiger partial charge < -0.3 is 34.0 Å². The molecule has 216 valence electrons. The van der Waals surface area contributed by atoms with Gasteiger partial charge in [-0.15, -0.1) is 0 Å². The summed E-state index contributed by atoms with van der Waals surface area (Å²) in [5, 5.41) is 3.61. The van der Waals surface area contributed by atoms with Crippen LogP contribution in [0.1, 0.15) is 49.6 Å². The van der Waals surface area contributed by atoms with E-state index >= 15 is 0 Å². The third-order valence-electron chi connectivity index (χ3n) is 6.57. The average molecular weight is 566 g/mol. The van der Waals surface area contributed by atoms with Crippen LogP contribution < -0.4 is 10.2 Å². The van der Waals surface area contributed by atoms with Crippen molar-refractivity contribution in [3.8, 4) is 0 Å². The number of halogens is 1. The molecule has 0 atom stereocenters. The third kappa shape index (κ3) is 6.11. The second-order valence-corrected chi connectivity index (χ2v) is 11.0. The summed E-state index contributed by atoms with van der Waals surface area (Å²) in [4.78, 5) is 48.1. The Morgan fingerprint density at radius 3 is 2.54 bits per heavy atom. The van der Waals surface area contributed by atoms with Gasteiger partial charge in [0.1, 0.15) is 11.1 Å². The largest absolute Gasteiger partial charge is 0.456 e. The van der Waals surface area contributed by atoms with E-state index in [-0.39, 0.29) is 35.4 Å². The van der Waals surface area contributed by atoms with Crippen molar-refractivity contribution in [2.45, 2.75) is 46.8 Å². The summed E-state index contributed by atoms with van der Waals surface area (Å²) in [6.07, 6.45) is -0.327. The van der Waals surface area contributed by atoms with Gasteiger partial charge >= 0.3 is 12.1 Å². The summed E-state index contributed by atoms with van der Waals surface area (Å²) in [6.45, 7) is 10.7. The highest BCUT2D eigenvalue weighted by Crippen LogP contribution is 2.32. The molecule has 0 bridgehead atoms. The minimum absolute atomic E-state index is 0.0244. The Bertz CT molecular complexity index is 1640.